The van der Waals surface area contributed by atoms with Gasteiger partial charge in [-0.3, -0.25) is 9.59 Å². The molecule has 4 rings (SSSR count). The number of nitrogens with zero attached hydrogens (tertiary/aromatic N) is 2. The van der Waals surface area contributed by atoms with Crippen molar-refractivity contribution in [1.82, 2.24) is 0 Å². The van der Waals surface area contributed by atoms with Gasteiger partial charge in [-0.2, -0.15) is 0 Å². The quantitative estimate of drug-likeness (QED) is 0.660. The van der Waals surface area contributed by atoms with Gasteiger partial charge in [0.2, 0.25) is 0 Å². The van der Waals surface area contributed by atoms with E-state index in [4.69, 9.17) is 0 Å². The molecule has 0 bridgehead atoms. The Hall–Kier alpha value is -2.53. The number of anilines is 2. The van der Waals surface area contributed by atoms with E-state index in [9.17, 15) is 9.59 Å². The zero-order chi connectivity index (χ0) is 20.5. The summed E-state index contributed by atoms with van der Waals surface area (Å²) in [6.45, 7) is 8.16. The number of aryl methyl sites for hydroxylation is 2. The second kappa shape index (κ2) is 8.07. The summed E-state index contributed by atoms with van der Waals surface area (Å²) in [5.74, 6) is 0.294. The highest BCUT2D eigenvalue weighted by Crippen LogP contribution is 2.39. The lowest BCUT2D eigenvalue weighted by Crippen LogP contribution is -2.31. The summed E-state index contributed by atoms with van der Waals surface area (Å²) in [6, 6.07) is 13.8. The first-order valence-electron chi connectivity index (χ1n) is 10.2. The van der Waals surface area contributed by atoms with Crippen LogP contribution in [0, 0.1) is 13.8 Å². The molecule has 1 saturated heterocycles. The number of rotatable bonds is 5. The van der Waals surface area contributed by atoms with E-state index in [1.807, 2.05) is 57.2 Å². The molecule has 0 atom stereocenters. The van der Waals surface area contributed by atoms with Crippen LogP contribution in [0.15, 0.2) is 47.4 Å². The van der Waals surface area contributed by atoms with Gasteiger partial charge in [-0.1, -0.05) is 30.7 Å². The van der Waals surface area contributed by atoms with Crippen LogP contribution in [0.5, 0.6) is 0 Å². The van der Waals surface area contributed by atoms with Crippen LogP contribution in [-0.4, -0.2) is 30.7 Å². The molecule has 0 saturated carbocycles. The van der Waals surface area contributed by atoms with Crippen molar-refractivity contribution in [3.63, 3.8) is 0 Å². The van der Waals surface area contributed by atoms with Gasteiger partial charge in [-0.25, -0.2) is 4.90 Å². The van der Waals surface area contributed by atoms with E-state index < -0.39 is 0 Å². The Bertz CT molecular complexity index is 988. The Kier molecular flexibility index (Phi) is 5.50. The average molecular weight is 407 g/mol. The summed E-state index contributed by atoms with van der Waals surface area (Å²) in [6.07, 6.45) is 2.43. The third kappa shape index (κ3) is 3.60. The molecule has 2 amide bonds. The van der Waals surface area contributed by atoms with Crippen molar-refractivity contribution >= 4 is 40.5 Å². The zero-order valence-electron chi connectivity index (χ0n) is 17.2. The number of benzene rings is 2. The molecule has 1 fully saturated rings. The predicted molar refractivity (Wildman–Crippen MR) is 121 cm³/mol. The lowest BCUT2D eigenvalue weighted by Gasteiger charge is -2.20. The maximum Gasteiger partial charge on any atom is 0.272 e. The summed E-state index contributed by atoms with van der Waals surface area (Å²) in [4.78, 5) is 30.9. The van der Waals surface area contributed by atoms with Gasteiger partial charge >= 0.3 is 0 Å². The molecule has 29 heavy (non-hydrogen) atoms. The van der Waals surface area contributed by atoms with Crippen molar-refractivity contribution in [1.29, 1.82) is 0 Å². The van der Waals surface area contributed by atoms with E-state index in [-0.39, 0.29) is 11.8 Å². The maximum absolute atomic E-state index is 13.4. The molecule has 0 aromatic heterocycles. The predicted octanol–water partition coefficient (Wildman–Crippen LogP) is 4.94. The topological polar surface area (TPSA) is 40.6 Å². The Morgan fingerprint density at radius 3 is 2.17 bits per heavy atom. The fraction of sp³-hybridized carbons (Fsp3) is 0.333. The van der Waals surface area contributed by atoms with Crippen molar-refractivity contribution in [2.45, 2.75) is 33.6 Å². The minimum Gasteiger partial charge on any atom is -0.372 e. The molecule has 0 aliphatic carbocycles. The Labute approximate surface area is 176 Å². The van der Waals surface area contributed by atoms with Crippen molar-refractivity contribution < 1.29 is 9.59 Å². The molecule has 0 unspecified atom stereocenters. The van der Waals surface area contributed by atoms with Crippen molar-refractivity contribution in [2.75, 3.05) is 28.6 Å². The smallest absolute Gasteiger partial charge is 0.272 e. The average Bonchev–Trinajstić information content (AvgIpc) is 3.31. The fourth-order valence-electron chi connectivity index (χ4n) is 4.14. The van der Waals surface area contributed by atoms with Crippen molar-refractivity contribution in [3.05, 3.63) is 64.1 Å². The molecular formula is C24H26N2O2S. The lowest BCUT2D eigenvalue weighted by molar-refractivity contribution is -0.119. The largest absolute Gasteiger partial charge is 0.372 e. The molecule has 5 heteroatoms. The van der Waals surface area contributed by atoms with Gasteiger partial charge in [0.05, 0.1) is 16.2 Å². The number of amides is 2. The molecule has 0 spiro atoms. The minimum atomic E-state index is -0.230. The van der Waals surface area contributed by atoms with E-state index in [1.165, 1.54) is 29.5 Å². The molecular weight excluding hydrogens is 380 g/mol. The molecule has 150 valence electrons. The minimum absolute atomic E-state index is 0.217. The van der Waals surface area contributed by atoms with Gasteiger partial charge in [0, 0.05) is 18.8 Å². The zero-order valence-corrected chi connectivity index (χ0v) is 18.0. The van der Waals surface area contributed by atoms with Gasteiger partial charge in [-0.15, -0.1) is 11.8 Å². The van der Waals surface area contributed by atoms with Crippen LogP contribution in [0.2, 0.25) is 0 Å². The van der Waals surface area contributed by atoms with Crippen LogP contribution < -0.4 is 9.80 Å². The SMILES string of the molecule is CCSC1=C(c2ccc(C)cc2C)C(=O)N(c2ccc(N3CCCC3)cc2)C1=O. The maximum atomic E-state index is 13.4. The first-order valence-corrected chi connectivity index (χ1v) is 11.2. The molecule has 2 aromatic rings. The van der Waals surface area contributed by atoms with Crippen LogP contribution in [0.4, 0.5) is 11.4 Å². The van der Waals surface area contributed by atoms with Crippen LogP contribution >= 0.6 is 11.8 Å². The summed E-state index contributed by atoms with van der Waals surface area (Å²) in [5.41, 5.74) is 5.32. The van der Waals surface area contributed by atoms with Crippen LogP contribution in [0.3, 0.4) is 0 Å². The standard InChI is InChI=1S/C24H26N2O2S/c1-4-29-22-21(20-12-7-16(2)15-17(20)3)23(27)26(24(22)28)19-10-8-18(9-11-19)25-13-5-6-14-25/h7-12,15H,4-6,13-14H2,1-3H3. The van der Waals surface area contributed by atoms with E-state index in [0.717, 1.165) is 41.2 Å². The number of hydrogen-bond acceptors (Lipinski definition) is 4. The molecule has 2 heterocycles. The Morgan fingerprint density at radius 2 is 1.55 bits per heavy atom. The highest BCUT2D eigenvalue weighted by Gasteiger charge is 2.40. The van der Waals surface area contributed by atoms with E-state index in [1.54, 1.807) is 0 Å². The number of carbonyl (C=O) groups excluding carboxylic acids is 2. The van der Waals surface area contributed by atoms with Crippen LogP contribution in [-0.2, 0) is 9.59 Å². The number of carbonyl (C=O) groups is 2. The second-order valence-corrected chi connectivity index (χ2v) is 8.89. The number of imide groups is 1. The van der Waals surface area contributed by atoms with Crippen molar-refractivity contribution in [2.24, 2.45) is 0 Å². The highest BCUT2D eigenvalue weighted by molar-refractivity contribution is 8.04. The molecule has 2 aliphatic rings. The van der Waals surface area contributed by atoms with Gasteiger partial charge in [0.25, 0.3) is 11.8 Å². The summed E-state index contributed by atoms with van der Waals surface area (Å²) < 4.78 is 0. The molecule has 2 aromatic carbocycles. The van der Waals surface area contributed by atoms with Gasteiger partial charge in [0.1, 0.15) is 0 Å². The molecule has 0 radical (unpaired) electrons. The molecule has 4 nitrogen and oxygen atoms in total. The van der Waals surface area contributed by atoms with Gasteiger partial charge in [-0.05, 0) is 67.8 Å². The number of hydrogen-bond donors (Lipinski definition) is 0. The molecule has 0 N–H and O–H groups in total. The van der Waals surface area contributed by atoms with Gasteiger partial charge in [0.15, 0.2) is 0 Å². The Balaban J connectivity index is 1.70. The van der Waals surface area contributed by atoms with Crippen molar-refractivity contribution in [3.8, 4) is 0 Å². The molecule has 2 aliphatic heterocycles. The van der Waals surface area contributed by atoms with E-state index in [0.29, 0.717) is 16.2 Å². The highest BCUT2D eigenvalue weighted by atomic mass is 32.2. The summed E-state index contributed by atoms with van der Waals surface area (Å²) in [7, 11) is 0. The third-order valence-corrected chi connectivity index (χ3v) is 6.52. The van der Waals surface area contributed by atoms with Crippen LogP contribution in [0.25, 0.3) is 5.57 Å². The third-order valence-electron chi connectivity index (χ3n) is 5.56. The summed E-state index contributed by atoms with van der Waals surface area (Å²) in [5, 5.41) is 0. The first kappa shape index (κ1) is 19.8. The fourth-order valence-corrected chi connectivity index (χ4v) is 4.99. The summed E-state index contributed by atoms with van der Waals surface area (Å²) >= 11 is 1.45. The lowest BCUT2D eigenvalue weighted by atomic mass is 9.99. The normalized spacial score (nSPS) is 17.1. The first-order chi connectivity index (χ1) is 14.0. The van der Waals surface area contributed by atoms with E-state index >= 15 is 0 Å². The number of thioether (sulfide) groups is 1. The van der Waals surface area contributed by atoms with Crippen LogP contribution in [0.1, 0.15) is 36.5 Å². The van der Waals surface area contributed by atoms with Gasteiger partial charge < -0.3 is 4.90 Å². The second-order valence-electron chi connectivity index (χ2n) is 7.61. The van der Waals surface area contributed by atoms with E-state index in [2.05, 4.69) is 11.0 Å². The Morgan fingerprint density at radius 1 is 0.897 bits per heavy atom. The monoisotopic (exact) mass is 406 g/mol.